The zero-order chi connectivity index (χ0) is 17.9. The maximum atomic E-state index is 12.1. The van der Waals surface area contributed by atoms with Crippen LogP contribution in [-0.2, 0) is 10.0 Å². The molecular weight excluding hydrogens is 338 g/mol. The van der Waals surface area contributed by atoms with Crippen LogP contribution in [0.3, 0.4) is 0 Å². The number of nitrogens with one attached hydrogen (secondary N) is 1. The number of phenols is 2. The second-order valence-electron chi connectivity index (χ2n) is 4.77. The standard InChI is InChI=1S/C14H13N3O6S/c1-9-5-6-11(7-12(9)17(20)21)24(22,23)16-15-8-10-3-2-4-13(18)14(10)19/h2-8,16,18-19H,1H3/b15-8+. The van der Waals surface area contributed by atoms with E-state index < -0.39 is 20.7 Å². The highest BCUT2D eigenvalue weighted by molar-refractivity contribution is 7.89. The van der Waals surface area contributed by atoms with Crippen molar-refractivity contribution in [2.75, 3.05) is 0 Å². The molecule has 0 aliphatic heterocycles. The van der Waals surface area contributed by atoms with E-state index in [1.807, 2.05) is 4.83 Å². The quantitative estimate of drug-likeness (QED) is 0.323. The summed E-state index contributed by atoms with van der Waals surface area (Å²) in [5.41, 5.74) is 0.0900. The van der Waals surface area contributed by atoms with Gasteiger partial charge in [0.1, 0.15) is 0 Å². The van der Waals surface area contributed by atoms with Gasteiger partial charge >= 0.3 is 0 Å². The van der Waals surface area contributed by atoms with Crippen LogP contribution >= 0.6 is 0 Å². The molecule has 2 aromatic carbocycles. The Kier molecular flexibility index (Phi) is 4.69. The van der Waals surface area contributed by atoms with Crippen LogP contribution in [-0.4, -0.2) is 29.8 Å². The summed E-state index contributed by atoms with van der Waals surface area (Å²) < 4.78 is 24.2. The molecule has 126 valence electrons. The average Bonchev–Trinajstić information content (AvgIpc) is 2.51. The molecule has 24 heavy (non-hydrogen) atoms. The van der Waals surface area contributed by atoms with Gasteiger partial charge in [-0.05, 0) is 25.1 Å². The molecule has 0 aliphatic carbocycles. The number of benzene rings is 2. The van der Waals surface area contributed by atoms with Crippen LogP contribution in [0.25, 0.3) is 0 Å². The minimum absolute atomic E-state index is 0.0904. The molecule has 0 heterocycles. The molecule has 0 aromatic heterocycles. The predicted molar refractivity (Wildman–Crippen MR) is 85.5 cm³/mol. The fourth-order valence-corrected chi connectivity index (χ4v) is 2.63. The predicted octanol–water partition coefficient (Wildman–Crippen LogP) is 1.63. The first kappa shape index (κ1) is 17.2. The van der Waals surface area contributed by atoms with E-state index in [4.69, 9.17) is 0 Å². The van der Waals surface area contributed by atoms with Gasteiger partial charge in [-0.2, -0.15) is 13.5 Å². The number of nitro benzene ring substituents is 1. The molecule has 3 N–H and O–H groups in total. The summed E-state index contributed by atoms with van der Waals surface area (Å²) in [6, 6.07) is 7.56. The SMILES string of the molecule is Cc1ccc(S(=O)(=O)N/N=C/c2cccc(O)c2O)cc1[N+](=O)[O-]. The maximum Gasteiger partial charge on any atom is 0.276 e. The van der Waals surface area contributed by atoms with E-state index in [-0.39, 0.29) is 21.9 Å². The number of para-hydroxylation sites is 1. The van der Waals surface area contributed by atoms with E-state index in [0.29, 0.717) is 5.56 Å². The largest absolute Gasteiger partial charge is 0.504 e. The molecule has 0 fully saturated rings. The Labute approximate surface area is 137 Å². The summed E-state index contributed by atoms with van der Waals surface area (Å²) in [6.07, 6.45) is 0.995. The van der Waals surface area contributed by atoms with Crippen LogP contribution in [0.15, 0.2) is 46.4 Å². The van der Waals surface area contributed by atoms with Gasteiger partial charge < -0.3 is 10.2 Å². The van der Waals surface area contributed by atoms with Crippen LogP contribution in [0.2, 0.25) is 0 Å². The van der Waals surface area contributed by atoms with E-state index in [1.165, 1.54) is 37.3 Å². The normalized spacial score (nSPS) is 11.5. The van der Waals surface area contributed by atoms with E-state index >= 15 is 0 Å². The fourth-order valence-electron chi connectivity index (χ4n) is 1.82. The van der Waals surface area contributed by atoms with Crippen LogP contribution in [0.5, 0.6) is 11.5 Å². The molecule has 0 atom stereocenters. The number of phenolic OH excluding ortho intramolecular Hbond substituents is 2. The highest BCUT2D eigenvalue weighted by Gasteiger charge is 2.19. The Morgan fingerprint density at radius 2 is 1.96 bits per heavy atom. The van der Waals surface area contributed by atoms with Crippen LogP contribution in [0.4, 0.5) is 5.69 Å². The summed E-state index contributed by atoms with van der Waals surface area (Å²) in [5.74, 6) is -0.831. The maximum absolute atomic E-state index is 12.1. The lowest BCUT2D eigenvalue weighted by Gasteiger charge is -2.05. The highest BCUT2D eigenvalue weighted by atomic mass is 32.2. The second kappa shape index (κ2) is 6.54. The number of aryl methyl sites for hydroxylation is 1. The van der Waals surface area contributed by atoms with Crippen molar-refractivity contribution in [3.05, 3.63) is 57.6 Å². The molecule has 0 radical (unpaired) electrons. The first-order chi connectivity index (χ1) is 11.2. The molecule has 0 bridgehead atoms. The summed E-state index contributed by atoms with van der Waals surface area (Å²) in [5, 5.41) is 33.3. The molecule has 2 rings (SSSR count). The van der Waals surface area contributed by atoms with Crippen LogP contribution < -0.4 is 4.83 Å². The van der Waals surface area contributed by atoms with Crippen molar-refractivity contribution in [2.24, 2.45) is 5.10 Å². The van der Waals surface area contributed by atoms with Crippen molar-refractivity contribution in [3.63, 3.8) is 0 Å². The zero-order valence-corrected chi connectivity index (χ0v) is 13.2. The van der Waals surface area contributed by atoms with Crippen molar-refractivity contribution >= 4 is 21.9 Å². The van der Waals surface area contributed by atoms with Crippen molar-refractivity contribution in [3.8, 4) is 11.5 Å². The van der Waals surface area contributed by atoms with E-state index in [1.54, 1.807) is 0 Å². The summed E-state index contributed by atoms with van der Waals surface area (Å²) in [4.78, 5) is 11.8. The minimum atomic E-state index is -4.12. The topological polar surface area (TPSA) is 142 Å². The molecule has 0 unspecified atom stereocenters. The number of sulfonamides is 1. The number of hydrazone groups is 1. The van der Waals surface area contributed by atoms with Gasteiger partial charge in [0, 0.05) is 17.2 Å². The lowest BCUT2D eigenvalue weighted by molar-refractivity contribution is -0.385. The third-order valence-electron chi connectivity index (χ3n) is 3.11. The van der Waals surface area contributed by atoms with Crippen molar-refractivity contribution in [1.29, 1.82) is 0 Å². The molecule has 0 saturated heterocycles. The highest BCUT2D eigenvalue weighted by Crippen LogP contribution is 2.26. The summed E-state index contributed by atoms with van der Waals surface area (Å²) in [6.45, 7) is 1.49. The smallest absolute Gasteiger partial charge is 0.276 e. The molecule has 0 aliphatic rings. The van der Waals surface area contributed by atoms with Gasteiger partial charge in [0.05, 0.1) is 16.0 Å². The number of aromatic hydroxyl groups is 2. The minimum Gasteiger partial charge on any atom is -0.504 e. The van der Waals surface area contributed by atoms with Crippen molar-refractivity contribution in [1.82, 2.24) is 4.83 Å². The Bertz CT molecular complexity index is 924. The Balaban J connectivity index is 2.26. The fraction of sp³-hybridized carbons (Fsp3) is 0.0714. The van der Waals surface area contributed by atoms with E-state index in [0.717, 1.165) is 12.3 Å². The number of hydrogen-bond acceptors (Lipinski definition) is 7. The lowest BCUT2D eigenvalue weighted by atomic mass is 10.2. The summed E-state index contributed by atoms with van der Waals surface area (Å²) in [7, 11) is -4.12. The van der Waals surface area contributed by atoms with Gasteiger partial charge in [-0.25, -0.2) is 4.83 Å². The van der Waals surface area contributed by atoms with Gasteiger partial charge in [0.25, 0.3) is 15.7 Å². The molecule has 0 amide bonds. The van der Waals surface area contributed by atoms with Gasteiger partial charge in [0.15, 0.2) is 11.5 Å². The summed E-state index contributed by atoms with van der Waals surface area (Å²) >= 11 is 0. The molecule has 0 spiro atoms. The Morgan fingerprint density at radius 1 is 1.25 bits per heavy atom. The zero-order valence-electron chi connectivity index (χ0n) is 12.4. The third-order valence-corrected chi connectivity index (χ3v) is 4.33. The van der Waals surface area contributed by atoms with E-state index in [9.17, 15) is 28.7 Å². The van der Waals surface area contributed by atoms with Crippen LogP contribution in [0, 0.1) is 17.0 Å². The molecule has 0 saturated carbocycles. The van der Waals surface area contributed by atoms with Gasteiger partial charge in [-0.15, -0.1) is 0 Å². The molecule has 9 nitrogen and oxygen atoms in total. The Morgan fingerprint density at radius 3 is 2.62 bits per heavy atom. The molecule has 2 aromatic rings. The second-order valence-corrected chi connectivity index (χ2v) is 6.43. The number of hydrogen-bond donors (Lipinski definition) is 3. The molecular formula is C14H13N3O6S. The third kappa shape index (κ3) is 3.60. The van der Waals surface area contributed by atoms with Gasteiger partial charge in [-0.3, -0.25) is 10.1 Å². The van der Waals surface area contributed by atoms with Crippen molar-refractivity contribution < 1.29 is 23.6 Å². The monoisotopic (exact) mass is 351 g/mol. The number of rotatable bonds is 5. The molecule has 10 heteroatoms. The first-order valence-electron chi connectivity index (χ1n) is 6.53. The first-order valence-corrected chi connectivity index (χ1v) is 8.01. The lowest BCUT2D eigenvalue weighted by Crippen LogP contribution is -2.18. The van der Waals surface area contributed by atoms with Crippen molar-refractivity contribution in [2.45, 2.75) is 11.8 Å². The van der Waals surface area contributed by atoms with Gasteiger partial charge in [-0.1, -0.05) is 12.1 Å². The number of nitro groups is 1. The van der Waals surface area contributed by atoms with Crippen LogP contribution in [0.1, 0.15) is 11.1 Å². The Hall–Kier alpha value is -3.14. The average molecular weight is 351 g/mol. The number of nitrogens with zero attached hydrogens (tertiary/aromatic N) is 2. The van der Waals surface area contributed by atoms with E-state index in [2.05, 4.69) is 5.10 Å². The van der Waals surface area contributed by atoms with Gasteiger partial charge in [0.2, 0.25) is 0 Å².